The van der Waals surface area contributed by atoms with Gasteiger partial charge in [-0.05, 0) is 50.1 Å². The number of aromatic nitrogens is 2. The summed E-state index contributed by atoms with van der Waals surface area (Å²) in [5.74, 6) is -0.328. The third-order valence-electron chi connectivity index (χ3n) is 2.96. The maximum absolute atomic E-state index is 11.8. The first-order valence-electron chi connectivity index (χ1n) is 7.16. The van der Waals surface area contributed by atoms with E-state index in [1.807, 2.05) is 19.1 Å². The Bertz CT molecular complexity index is 707. The second-order valence-electron chi connectivity index (χ2n) is 4.59. The predicted molar refractivity (Wildman–Crippen MR) is 82.5 cm³/mol. The fourth-order valence-electron chi connectivity index (χ4n) is 1.97. The van der Waals surface area contributed by atoms with Crippen LogP contribution in [-0.2, 0) is 20.7 Å². The number of hydrogen-bond donors (Lipinski definition) is 0. The van der Waals surface area contributed by atoms with E-state index in [1.165, 1.54) is 5.56 Å². The standard InChI is InChI=1S/C16H18N2O2.CO2/c1-4-12-6-7-17-14(9-12)15-10-13(8-11(3)18-15)16(19)20-5-2;2-1-3/h6-10H,4-5H2,1-3H3;. The first kappa shape index (κ1) is 18.2. The van der Waals surface area contributed by atoms with E-state index in [4.69, 9.17) is 14.3 Å². The van der Waals surface area contributed by atoms with Crippen LogP contribution in [0.1, 0.15) is 35.5 Å². The minimum Gasteiger partial charge on any atom is -0.462 e. The van der Waals surface area contributed by atoms with Gasteiger partial charge in [-0.15, -0.1) is 0 Å². The average molecular weight is 314 g/mol. The molecule has 6 nitrogen and oxygen atoms in total. The summed E-state index contributed by atoms with van der Waals surface area (Å²) in [6, 6.07) is 7.43. The molecule has 0 aliphatic rings. The van der Waals surface area contributed by atoms with Gasteiger partial charge in [-0.25, -0.2) is 4.79 Å². The lowest BCUT2D eigenvalue weighted by atomic mass is 10.1. The zero-order chi connectivity index (χ0) is 17.2. The maximum Gasteiger partial charge on any atom is 0.373 e. The van der Waals surface area contributed by atoms with Crippen molar-refractivity contribution in [3.05, 3.63) is 47.3 Å². The summed E-state index contributed by atoms with van der Waals surface area (Å²) in [5, 5.41) is 0. The van der Waals surface area contributed by atoms with Gasteiger partial charge in [0.05, 0.1) is 23.6 Å². The largest absolute Gasteiger partial charge is 0.462 e. The molecule has 2 rings (SSSR count). The van der Waals surface area contributed by atoms with Crippen LogP contribution in [0.2, 0.25) is 0 Å². The van der Waals surface area contributed by atoms with Crippen LogP contribution in [0.15, 0.2) is 30.5 Å². The Morgan fingerprint density at radius 3 is 2.48 bits per heavy atom. The summed E-state index contributed by atoms with van der Waals surface area (Å²) >= 11 is 0. The molecule has 2 aromatic heterocycles. The number of rotatable bonds is 4. The van der Waals surface area contributed by atoms with Crippen LogP contribution in [0.4, 0.5) is 0 Å². The van der Waals surface area contributed by atoms with E-state index in [1.54, 1.807) is 25.3 Å². The van der Waals surface area contributed by atoms with Crippen molar-refractivity contribution in [3.63, 3.8) is 0 Å². The molecule has 23 heavy (non-hydrogen) atoms. The van der Waals surface area contributed by atoms with Crippen molar-refractivity contribution in [3.8, 4) is 11.4 Å². The Kier molecular flexibility index (Phi) is 7.30. The van der Waals surface area contributed by atoms with Crippen LogP contribution in [0, 0.1) is 6.92 Å². The van der Waals surface area contributed by atoms with Gasteiger partial charge < -0.3 is 4.74 Å². The minimum atomic E-state index is -0.328. The van der Waals surface area contributed by atoms with Gasteiger partial charge in [0, 0.05) is 11.9 Å². The summed E-state index contributed by atoms with van der Waals surface area (Å²) in [6.45, 7) is 6.10. The molecule has 0 N–H and O–H groups in total. The van der Waals surface area contributed by atoms with Crippen LogP contribution in [0.5, 0.6) is 0 Å². The molecule has 6 heteroatoms. The molecule has 0 atom stereocenters. The summed E-state index contributed by atoms with van der Waals surface area (Å²) in [7, 11) is 0. The summed E-state index contributed by atoms with van der Waals surface area (Å²) in [5.41, 5.74) is 3.95. The molecule has 0 unspecified atom stereocenters. The third-order valence-corrected chi connectivity index (χ3v) is 2.96. The number of carbonyl (C=O) groups excluding carboxylic acids is 3. The molecule has 0 amide bonds. The molecule has 0 fully saturated rings. The highest BCUT2D eigenvalue weighted by molar-refractivity contribution is 5.90. The molecule has 120 valence electrons. The highest BCUT2D eigenvalue weighted by Gasteiger charge is 2.11. The Labute approximate surface area is 134 Å². The molecule has 0 saturated carbocycles. The van der Waals surface area contributed by atoms with Crippen molar-refractivity contribution < 1.29 is 19.1 Å². The van der Waals surface area contributed by atoms with Gasteiger partial charge in [0.2, 0.25) is 0 Å². The molecule has 0 radical (unpaired) electrons. The molecule has 0 aliphatic heterocycles. The minimum absolute atomic E-state index is 0.250. The lowest BCUT2D eigenvalue weighted by molar-refractivity contribution is -0.191. The van der Waals surface area contributed by atoms with Gasteiger partial charge in [0.25, 0.3) is 0 Å². The Hall–Kier alpha value is -2.85. The fourth-order valence-corrected chi connectivity index (χ4v) is 1.97. The van der Waals surface area contributed by atoms with Gasteiger partial charge in [-0.2, -0.15) is 9.59 Å². The van der Waals surface area contributed by atoms with Gasteiger partial charge in [-0.3, -0.25) is 9.97 Å². The lowest BCUT2D eigenvalue weighted by Crippen LogP contribution is -2.06. The molecular weight excluding hydrogens is 296 g/mol. The highest BCUT2D eigenvalue weighted by Crippen LogP contribution is 2.19. The first-order valence-corrected chi connectivity index (χ1v) is 7.16. The first-order chi connectivity index (χ1) is 11.0. The highest BCUT2D eigenvalue weighted by atomic mass is 16.5. The van der Waals surface area contributed by atoms with Crippen molar-refractivity contribution in [1.82, 2.24) is 9.97 Å². The van der Waals surface area contributed by atoms with Gasteiger partial charge in [-0.1, -0.05) is 6.92 Å². The SMILES string of the molecule is CCOC(=O)c1cc(C)nc(-c2cc(CC)ccn2)c1.O=C=O. The number of esters is 1. The van der Waals surface area contributed by atoms with E-state index < -0.39 is 0 Å². The topological polar surface area (TPSA) is 86.2 Å². The zero-order valence-electron chi connectivity index (χ0n) is 13.3. The number of pyridine rings is 2. The van der Waals surface area contributed by atoms with Crippen molar-refractivity contribution in [2.75, 3.05) is 6.61 Å². The van der Waals surface area contributed by atoms with Crippen molar-refractivity contribution >= 4 is 12.1 Å². The summed E-state index contributed by atoms with van der Waals surface area (Å²) < 4.78 is 5.03. The van der Waals surface area contributed by atoms with Crippen molar-refractivity contribution in [2.45, 2.75) is 27.2 Å². The van der Waals surface area contributed by atoms with Gasteiger partial charge >= 0.3 is 12.1 Å². The molecule has 0 spiro atoms. The van der Waals surface area contributed by atoms with Crippen molar-refractivity contribution in [1.29, 1.82) is 0 Å². The summed E-state index contributed by atoms with van der Waals surface area (Å²) in [4.78, 5) is 36.9. The monoisotopic (exact) mass is 314 g/mol. The molecular formula is C17H18N2O4. The van der Waals surface area contributed by atoms with E-state index in [0.717, 1.165) is 17.8 Å². The maximum atomic E-state index is 11.8. The Balaban J connectivity index is 0.000000816. The number of nitrogens with zero attached hydrogens (tertiary/aromatic N) is 2. The van der Waals surface area contributed by atoms with Gasteiger partial charge in [0.1, 0.15) is 0 Å². The number of carbonyl (C=O) groups is 1. The van der Waals surface area contributed by atoms with Crippen LogP contribution in [-0.4, -0.2) is 28.7 Å². The van der Waals surface area contributed by atoms with Crippen LogP contribution in [0.25, 0.3) is 11.4 Å². The quantitative estimate of drug-likeness (QED) is 0.806. The number of hydrogen-bond acceptors (Lipinski definition) is 6. The second-order valence-corrected chi connectivity index (χ2v) is 4.59. The van der Waals surface area contributed by atoms with Crippen LogP contribution >= 0.6 is 0 Å². The van der Waals surface area contributed by atoms with E-state index in [9.17, 15) is 4.79 Å². The van der Waals surface area contributed by atoms with Gasteiger partial charge in [0.15, 0.2) is 0 Å². The normalized spacial score (nSPS) is 9.35. The molecule has 0 aliphatic carbocycles. The zero-order valence-corrected chi connectivity index (χ0v) is 13.3. The van der Waals surface area contributed by atoms with E-state index in [0.29, 0.717) is 17.9 Å². The number of aryl methyl sites for hydroxylation is 2. The molecule has 2 aromatic rings. The fraction of sp³-hybridized carbons (Fsp3) is 0.294. The van der Waals surface area contributed by atoms with E-state index >= 15 is 0 Å². The second kappa shape index (κ2) is 9.23. The molecule has 0 bridgehead atoms. The molecule has 2 heterocycles. The Morgan fingerprint density at radius 2 is 1.87 bits per heavy atom. The third kappa shape index (κ3) is 5.45. The number of ether oxygens (including phenoxy) is 1. The summed E-state index contributed by atoms with van der Waals surface area (Å²) in [6.07, 6.45) is 2.95. The molecule has 0 aromatic carbocycles. The van der Waals surface area contributed by atoms with Crippen LogP contribution < -0.4 is 0 Å². The van der Waals surface area contributed by atoms with E-state index in [-0.39, 0.29) is 12.1 Å². The molecule has 0 saturated heterocycles. The smallest absolute Gasteiger partial charge is 0.373 e. The predicted octanol–water partition coefficient (Wildman–Crippen LogP) is 2.61. The Morgan fingerprint density at radius 1 is 1.17 bits per heavy atom. The van der Waals surface area contributed by atoms with Crippen LogP contribution in [0.3, 0.4) is 0 Å². The lowest BCUT2D eigenvalue weighted by Gasteiger charge is -2.07. The van der Waals surface area contributed by atoms with E-state index in [2.05, 4.69) is 16.9 Å². The van der Waals surface area contributed by atoms with Crippen molar-refractivity contribution in [2.24, 2.45) is 0 Å². The average Bonchev–Trinajstić information content (AvgIpc) is 2.55.